The number of fused-ring (bicyclic) bond motifs is 1. The van der Waals surface area contributed by atoms with Gasteiger partial charge in [0.15, 0.2) is 0 Å². The lowest BCUT2D eigenvalue weighted by atomic mass is 9.98. The molecule has 124 valence electrons. The second-order valence-electron chi connectivity index (χ2n) is 7.59. The molecule has 1 saturated heterocycles. The number of nitrogens with zero attached hydrogens (tertiary/aromatic N) is 2. The molecule has 0 bridgehead atoms. The van der Waals surface area contributed by atoms with Crippen LogP contribution in [0.25, 0.3) is 10.8 Å². The molecular formula is C21H30N2. The zero-order valence-corrected chi connectivity index (χ0v) is 14.7. The minimum atomic E-state index is 0.831. The van der Waals surface area contributed by atoms with Crippen molar-refractivity contribution in [2.24, 2.45) is 11.8 Å². The molecule has 0 N–H and O–H groups in total. The maximum atomic E-state index is 4.19. The normalized spacial score (nSPS) is 19.0. The fourth-order valence-electron chi connectivity index (χ4n) is 3.68. The summed E-state index contributed by atoms with van der Waals surface area (Å²) in [6.07, 6.45) is 10.5. The van der Waals surface area contributed by atoms with Crippen molar-refractivity contribution < 1.29 is 0 Å². The zero-order chi connectivity index (χ0) is 16.1. The monoisotopic (exact) mass is 310 g/mol. The van der Waals surface area contributed by atoms with Crippen molar-refractivity contribution in [3.63, 3.8) is 0 Å². The quantitative estimate of drug-likeness (QED) is 0.721. The van der Waals surface area contributed by atoms with Crippen LogP contribution in [0.3, 0.4) is 0 Å². The average Bonchev–Trinajstić information content (AvgIpc) is 3.01. The molecule has 2 nitrogen and oxygen atoms in total. The first kappa shape index (κ1) is 16.4. The lowest BCUT2D eigenvalue weighted by molar-refractivity contribution is 0.298. The van der Waals surface area contributed by atoms with Gasteiger partial charge in [-0.3, -0.25) is 4.98 Å². The second kappa shape index (κ2) is 7.92. The maximum Gasteiger partial charge on any atom is 0.0346 e. The Bertz CT molecular complexity index is 620. The molecule has 2 heterocycles. The number of benzene rings is 1. The minimum absolute atomic E-state index is 0.831. The molecule has 0 saturated carbocycles. The van der Waals surface area contributed by atoms with E-state index >= 15 is 0 Å². The Morgan fingerprint density at radius 3 is 3.00 bits per heavy atom. The minimum Gasteiger partial charge on any atom is -0.303 e. The van der Waals surface area contributed by atoms with Crippen molar-refractivity contribution in [2.75, 3.05) is 19.6 Å². The van der Waals surface area contributed by atoms with Crippen LogP contribution < -0.4 is 0 Å². The topological polar surface area (TPSA) is 16.1 Å². The highest BCUT2D eigenvalue weighted by Gasteiger charge is 2.21. The maximum absolute atomic E-state index is 4.19. The third-order valence-electron chi connectivity index (χ3n) is 5.18. The van der Waals surface area contributed by atoms with Gasteiger partial charge in [-0.2, -0.15) is 0 Å². The second-order valence-corrected chi connectivity index (χ2v) is 7.59. The highest BCUT2D eigenvalue weighted by Crippen LogP contribution is 2.23. The smallest absolute Gasteiger partial charge is 0.0346 e. The number of hydrogen-bond donors (Lipinski definition) is 0. The molecule has 2 heteroatoms. The first-order chi connectivity index (χ1) is 11.2. The van der Waals surface area contributed by atoms with Gasteiger partial charge in [0, 0.05) is 24.3 Å². The van der Waals surface area contributed by atoms with E-state index in [0.29, 0.717) is 0 Å². The summed E-state index contributed by atoms with van der Waals surface area (Å²) in [5.41, 5.74) is 1.47. The molecule has 0 radical (unpaired) electrons. The summed E-state index contributed by atoms with van der Waals surface area (Å²) in [5.74, 6) is 1.75. The number of rotatable bonds is 7. The van der Waals surface area contributed by atoms with E-state index in [1.807, 2.05) is 12.4 Å². The van der Waals surface area contributed by atoms with E-state index in [-0.39, 0.29) is 0 Å². The lowest BCUT2D eigenvalue weighted by Gasteiger charge is -2.17. The van der Waals surface area contributed by atoms with E-state index in [1.165, 1.54) is 68.1 Å². The predicted octanol–water partition coefficient (Wildman–Crippen LogP) is 4.93. The number of likely N-dealkylation sites (tertiary alicyclic amines) is 1. The third kappa shape index (κ3) is 4.78. The predicted molar refractivity (Wildman–Crippen MR) is 98.7 cm³/mol. The Morgan fingerprint density at radius 2 is 2.13 bits per heavy atom. The van der Waals surface area contributed by atoms with E-state index in [2.05, 4.69) is 48.0 Å². The van der Waals surface area contributed by atoms with Crippen molar-refractivity contribution in [1.29, 1.82) is 0 Å². The van der Waals surface area contributed by atoms with Crippen molar-refractivity contribution in [3.05, 3.63) is 42.2 Å². The molecule has 1 aliphatic rings. The molecule has 1 aromatic carbocycles. The number of aromatic nitrogens is 1. The van der Waals surface area contributed by atoms with E-state index in [0.717, 1.165) is 11.8 Å². The van der Waals surface area contributed by atoms with Crippen LogP contribution in [0.1, 0.15) is 45.1 Å². The Hall–Kier alpha value is -1.41. The van der Waals surface area contributed by atoms with Gasteiger partial charge in [-0.15, -0.1) is 0 Å². The van der Waals surface area contributed by atoms with Crippen LogP contribution in [-0.4, -0.2) is 29.5 Å². The lowest BCUT2D eigenvalue weighted by Crippen LogP contribution is -2.23. The summed E-state index contributed by atoms with van der Waals surface area (Å²) >= 11 is 0. The van der Waals surface area contributed by atoms with Crippen molar-refractivity contribution in [3.8, 4) is 0 Å². The summed E-state index contributed by atoms with van der Waals surface area (Å²) < 4.78 is 0. The first-order valence-electron chi connectivity index (χ1n) is 9.26. The molecule has 1 aromatic heterocycles. The Balaban J connectivity index is 1.42. The van der Waals surface area contributed by atoms with Gasteiger partial charge >= 0.3 is 0 Å². The zero-order valence-electron chi connectivity index (χ0n) is 14.7. The summed E-state index contributed by atoms with van der Waals surface area (Å²) in [5, 5.41) is 2.56. The molecule has 3 rings (SSSR count). The molecule has 23 heavy (non-hydrogen) atoms. The van der Waals surface area contributed by atoms with E-state index in [4.69, 9.17) is 0 Å². The third-order valence-corrected chi connectivity index (χ3v) is 5.18. The largest absolute Gasteiger partial charge is 0.303 e. The number of hydrogen-bond acceptors (Lipinski definition) is 2. The fourth-order valence-corrected chi connectivity index (χ4v) is 3.68. The van der Waals surface area contributed by atoms with Crippen LogP contribution in [0, 0.1) is 11.8 Å². The molecule has 0 amide bonds. The van der Waals surface area contributed by atoms with Gasteiger partial charge < -0.3 is 4.90 Å². The highest BCUT2D eigenvalue weighted by molar-refractivity contribution is 5.81. The van der Waals surface area contributed by atoms with Gasteiger partial charge in [-0.05, 0) is 74.0 Å². The molecular weight excluding hydrogens is 280 g/mol. The highest BCUT2D eigenvalue weighted by atomic mass is 15.1. The Labute approximate surface area is 140 Å². The van der Waals surface area contributed by atoms with E-state index in [9.17, 15) is 0 Å². The van der Waals surface area contributed by atoms with Gasteiger partial charge in [0.2, 0.25) is 0 Å². The first-order valence-corrected chi connectivity index (χ1v) is 9.26. The van der Waals surface area contributed by atoms with Crippen LogP contribution in [0.2, 0.25) is 0 Å². The summed E-state index contributed by atoms with van der Waals surface area (Å²) in [7, 11) is 0. The number of aryl methyl sites for hydroxylation is 1. The molecule has 2 aromatic rings. The molecule has 0 spiro atoms. The van der Waals surface area contributed by atoms with Gasteiger partial charge in [-0.25, -0.2) is 0 Å². The van der Waals surface area contributed by atoms with Gasteiger partial charge in [-0.1, -0.05) is 32.0 Å². The SMILES string of the molecule is CC(C)CCN1CCC(CCCc2ccc3cnccc3c2)C1. The average molecular weight is 310 g/mol. The van der Waals surface area contributed by atoms with Crippen LogP contribution in [0.4, 0.5) is 0 Å². The van der Waals surface area contributed by atoms with E-state index < -0.39 is 0 Å². The Kier molecular flexibility index (Phi) is 5.66. The van der Waals surface area contributed by atoms with Crippen LogP contribution in [0.5, 0.6) is 0 Å². The molecule has 1 aliphatic heterocycles. The van der Waals surface area contributed by atoms with Gasteiger partial charge in [0.1, 0.15) is 0 Å². The van der Waals surface area contributed by atoms with Gasteiger partial charge in [0.05, 0.1) is 0 Å². The summed E-state index contributed by atoms with van der Waals surface area (Å²) in [6.45, 7) is 8.60. The number of pyridine rings is 1. The summed E-state index contributed by atoms with van der Waals surface area (Å²) in [6, 6.07) is 8.93. The van der Waals surface area contributed by atoms with Crippen LogP contribution >= 0.6 is 0 Å². The fraction of sp³-hybridized carbons (Fsp3) is 0.571. The van der Waals surface area contributed by atoms with E-state index in [1.54, 1.807) is 0 Å². The molecule has 0 aliphatic carbocycles. The van der Waals surface area contributed by atoms with Crippen molar-refractivity contribution >= 4 is 10.8 Å². The summed E-state index contributed by atoms with van der Waals surface area (Å²) in [4.78, 5) is 6.86. The van der Waals surface area contributed by atoms with Crippen LogP contribution in [0.15, 0.2) is 36.7 Å². The molecule has 1 fully saturated rings. The Morgan fingerprint density at radius 1 is 1.22 bits per heavy atom. The molecule has 1 atom stereocenters. The van der Waals surface area contributed by atoms with Crippen molar-refractivity contribution in [1.82, 2.24) is 9.88 Å². The standard InChI is InChI=1S/C21H30N2/c1-17(2)9-12-23-13-10-19(16-23)5-3-4-18-6-7-21-15-22-11-8-20(21)14-18/h6-8,11,14-15,17,19H,3-5,9-10,12-13,16H2,1-2H3. The van der Waals surface area contributed by atoms with Gasteiger partial charge in [0.25, 0.3) is 0 Å². The van der Waals surface area contributed by atoms with Crippen LogP contribution in [-0.2, 0) is 6.42 Å². The molecule has 1 unspecified atom stereocenters. The van der Waals surface area contributed by atoms with Crippen molar-refractivity contribution in [2.45, 2.75) is 46.0 Å².